The molecule has 2 heterocycles. The highest BCUT2D eigenvalue weighted by molar-refractivity contribution is 7.89. The van der Waals surface area contributed by atoms with Gasteiger partial charge < -0.3 is 10.2 Å². The monoisotopic (exact) mass is 436 g/mol. The molecule has 0 saturated carbocycles. The third kappa shape index (κ3) is 5.55. The van der Waals surface area contributed by atoms with Gasteiger partial charge in [-0.2, -0.15) is 0 Å². The van der Waals surface area contributed by atoms with Gasteiger partial charge in [0.05, 0.1) is 9.77 Å². The maximum atomic E-state index is 13.1. The number of nitrogens with zero attached hydrogens (tertiary/aromatic N) is 2. The second-order valence-corrected chi connectivity index (χ2v) is 11.0. The average molecular weight is 437 g/mol. The highest BCUT2D eigenvalue weighted by atomic mass is 32.2. The molecule has 2 N–H and O–H groups in total. The molecule has 1 amide bonds. The van der Waals surface area contributed by atoms with Crippen LogP contribution in [0.1, 0.15) is 47.0 Å². The number of thiazole rings is 1. The van der Waals surface area contributed by atoms with Gasteiger partial charge in [-0.1, -0.05) is 17.4 Å². The van der Waals surface area contributed by atoms with E-state index >= 15 is 0 Å². The molecule has 2 aromatic rings. The molecule has 9 heteroatoms. The van der Waals surface area contributed by atoms with E-state index in [1.54, 1.807) is 39.1 Å². The SMILES string of the molecule is CC(=O)Nc1ccc(-c2cnc(N3CCCCC3)s2)c(S(=O)(=O)NC(C)(C)C)c1. The van der Waals surface area contributed by atoms with Crippen LogP contribution in [0.4, 0.5) is 10.8 Å². The summed E-state index contributed by atoms with van der Waals surface area (Å²) in [6.45, 7) is 8.73. The second-order valence-electron chi connectivity index (χ2n) is 8.30. The summed E-state index contributed by atoms with van der Waals surface area (Å²) in [4.78, 5) is 19.2. The Kier molecular flexibility index (Phi) is 6.30. The van der Waals surface area contributed by atoms with Crippen LogP contribution in [0.5, 0.6) is 0 Å². The van der Waals surface area contributed by atoms with E-state index in [1.807, 2.05) is 0 Å². The Balaban J connectivity index is 2.03. The molecule has 1 aliphatic heterocycles. The Morgan fingerprint density at radius 3 is 2.48 bits per heavy atom. The molecule has 0 radical (unpaired) electrons. The van der Waals surface area contributed by atoms with E-state index < -0.39 is 15.6 Å². The Bertz CT molecular complexity index is 987. The minimum atomic E-state index is -3.81. The predicted octanol–water partition coefficient (Wildman–Crippen LogP) is 3.84. The fourth-order valence-electron chi connectivity index (χ4n) is 3.31. The number of benzene rings is 1. The Labute approximate surface area is 176 Å². The van der Waals surface area contributed by atoms with Crippen molar-refractivity contribution in [2.45, 2.75) is 57.4 Å². The highest BCUT2D eigenvalue weighted by Gasteiger charge is 2.27. The van der Waals surface area contributed by atoms with Gasteiger partial charge in [0.25, 0.3) is 0 Å². The number of sulfonamides is 1. The lowest BCUT2D eigenvalue weighted by molar-refractivity contribution is -0.114. The number of carbonyl (C=O) groups excluding carboxylic acids is 1. The lowest BCUT2D eigenvalue weighted by Gasteiger charge is -2.25. The van der Waals surface area contributed by atoms with Crippen molar-refractivity contribution in [2.75, 3.05) is 23.3 Å². The molecular formula is C20H28N4O3S2. The maximum absolute atomic E-state index is 13.1. The van der Waals surface area contributed by atoms with Crippen molar-refractivity contribution in [3.63, 3.8) is 0 Å². The van der Waals surface area contributed by atoms with Crippen molar-refractivity contribution in [2.24, 2.45) is 0 Å². The smallest absolute Gasteiger partial charge is 0.241 e. The molecular weight excluding hydrogens is 408 g/mol. The van der Waals surface area contributed by atoms with E-state index in [-0.39, 0.29) is 10.8 Å². The molecule has 158 valence electrons. The number of rotatable bonds is 5. The van der Waals surface area contributed by atoms with E-state index in [0.717, 1.165) is 35.9 Å². The van der Waals surface area contributed by atoms with Crippen LogP contribution in [0.25, 0.3) is 10.4 Å². The minimum absolute atomic E-state index is 0.132. The van der Waals surface area contributed by atoms with Gasteiger partial charge in [-0.05, 0) is 52.2 Å². The second kappa shape index (κ2) is 8.41. The summed E-state index contributed by atoms with van der Waals surface area (Å²) in [5.74, 6) is -0.255. The summed E-state index contributed by atoms with van der Waals surface area (Å²) in [5.41, 5.74) is 0.389. The van der Waals surface area contributed by atoms with Gasteiger partial charge in [-0.15, -0.1) is 0 Å². The number of amides is 1. The maximum Gasteiger partial charge on any atom is 0.241 e. The molecule has 1 aromatic carbocycles. The summed E-state index contributed by atoms with van der Waals surface area (Å²) >= 11 is 1.50. The molecule has 7 nitrogen and oxygen atoms in total. The van der Waals surface area contributed by atoms with Crippen LogP contribution in [0.3, 0.4) is 0 Å². The third-order valence-electron chi connectivity index (χ3n) is 4.42. The molecule has 1 fully saturated rings. The normalized spacial score (nSPS) is 15.4. The van der Waals surface area contributed by atoms with E-state index in [4.69, 9.17) is 0 Å². The van der Waals surface area contributed by atoms with Crippen molar-refractivity contribution in [1.29, 1.82) is 0 Å². The first-order valence-electron chi connectivity index (χ1n) is 9.72. The van der Waals surface area contributed by atoms with Crippen molar-refractivity contribution in [3.05, 3.63) is 24.4 Å². The number of hydrogen-bond donors (Lipinski definition) is 2. The molecule has 1 saturated heterocycles. The predicted molar refractivity (Wildman–Crippen MR) is 118 cm³/mol. The number of piperidine rings is 1. The Morgan fingerprint density at radius 2 is 1.86 bits per heavy atom. The van der Waals surface area contributed by atoms with Crippen LogP contribution in [0, 0.1) is 0 Å². The topological polar surface area (TPSA) is 91.4 Å². The first-order chi connectivity index (χ1) is 13.5. The zero-order valence-electron chi connectivity index (χ0n) is 17.3. The lowest BCUT2D eigenvalue weighted by Crippen LogP contribution is -2.40. The van der Waals surface area contributed by atoms with Crippen molar-refractivity contribution >= 4 is 38.1 Å². The quantitative estimate of drug-likeness (QED) is 0.743. The largest absolute Gasteiger partial charge is 0.348 e. The molecule has 3 rings (SSSR count). The van der Waals surface area contributed by atoms with Crippen LogP contribution >= 0.6 is 11.3 Å². The number of hydrogen-bond acceptors (Lipinski definition) is 6. The van der Waals surface area contributed by atoms with Crippen LogP contribution < -0.4 is 14.9 Å². The highest BCUT2D eigenvalue weighted by Crippen LogP contribution is 2.37. The molecule has 0 aliphatic carbocycles. The van der Waals surface area contributed by atoms with Crippen molar-refractivity contribution < 1.29 is 13.2 Å². The molecule has 0 bridgehead atoms. The number of anilines is 2. The van der Waals surface area contributed by atoms with Crippen LogP contribution in [0.2, 0.25) is 0 Å². The summed E-state index contributed by atoms with van der Waals surface area (Å²) in [5, 5.41) is 3.58. The summed E-state index contributed by atoms with van der Waals surface area (Å²) in [7, 11) is -3.81. The van der Waals surface area contributed by atoms with Gasteiger partial charge in [-0.3, -0.25) is 4.79 Å². The van der Waals surface area contributed by atoms with E-state index in [0.29, 0.717) is 11.3 Å². The lowest BCUT2D eigenvalue weighted by atomic mass is 10.1. The number of carbonyl (C=O) groups is 1. The van der Waals surface area contributed by atoms with Crippen molar-refractivity contribution in [1.82, 2.24) is 9.71 Å². The summed E-state index contributed by atoms with van der Waals surface area (Å²) in [6, 6.07) is 4.95. The minimum Gasteiger partial charge on any atom is -0.348 e. The average Bonchev–Trinajstić information content (AvgIpc) is 3.10. The number of nitrogens with one attached hydrogen (secondary N) is 2. The molecule has 1 aromatic heterocycles. The van der Waals surface area contributed by atoms with Crippen LogP contribution in [-0.2, 0) is 14.8 Å². The first kappa shape index (κ1) is 21.7. The zero-order chi connectivity index (χ0) is 21.2. The van der Waals surface area contributed by atoms with Crippen molar-refractivity contribution in [3.8, 4) is 10.4 Å². The van der Waals surface area contributed by atoms with Gasteiger partial charge in [0, 0.05) is 43.0 Å². The van der Waals surface area contributed by atoms with E-state index in [9.17, 15) is 13.2 Å². The summed E-state index contributed by atoms with van der Waals surface area (Å²) < 4.78 is 29.0. The molecule has 29 heavy (non-hydrogen) atoms. The molecule has 1 aliphatic rings. The van der Waals surface area contributed by atoms with E-state index in [2.05, 4.69) is 19.9 Å². The van der Waals surface area contributed by atoms with Gasteiger partial charge in [-0.25, -0.2) is 18.1 Å². The molecule has 0 atom stereocenters. The molecule has 0 spiro atoms. The zero-order valence-corrected chi connectivity index (χ0v) is 18.9. The van der Waals surface area contributed by atoms with Gasteiger partial charge >= 0.3 is 0 Å². The molecule has 0 unspecified atom stereocenters. The van der Waals surface area contributed by atoms with Gasteiger partial charge in [0.15, 0.2) is 5.13 Å². The van der Waals surface area contributed by atoms with Crippen LogP contribution in [0.15, 0.2) is 29.3 Å². The Hall–Kier alpha value is -1.97. The third-order valence-corrected chi connectivity index (χ3v) is 7.31. The fourth-order valence-corrected chi connectivity index (χ4v) is 6.05. The Morgan fingerprint density at radius 1 is 1.17 bits per heavy atom. The van der Waals surface area contributed by atoms with Gasteiger partial charge in [0.1, 0.15) is 0 Å². The fraction of sp³-hybridized carbons (Fsp3) is 0.500. The standard InChI is InChI=1S/C20H28N4O3S2/c1-14(25)22-15-8-9-16(18(12-15)29(26,27)23-20(2,3)4)17-13-21-19(28-17)24-10-6-5-7-11-24/h8-9,12-13,23H,5-7,10-11H2,1-4H3,(H,22,25). The van der Waals surface area contributed by atoms with E-state index in [1.165, 1.54) is 30.7 Å². The summed E-state index contributed by atoms with van der Waals surface area (Å²) in [6.07, 6.45) is 5.27. The van der Waals surface area contributed by atoms with Crippen LogP contribution in [-0.4, -0.2) is 37.9 Å². The first-order valence-corrected chi connectivity index (χ1v) is 12.0. The number of aromatic nitrogens is 1. The van der Waals surface area contributed by atoms with Gasteiger partial charge in [0.2, 0.25) is 15.9 Å².